The molecule has 1 N–H and O–H groups in total. The second-order valence-corrected chi connectivity index (χ2v) is 6.80. The smallest absolute Gasteiger partial charge is 0.395 e. The minimum Gasteiger partial charge on any atom is -0.395 e. The molecule has 0 atom stereocenters. The molecule has 3 rings (SSSR count). The summed E-state index contributed by atoms with van der Waals surface area (Å²) in [5.74, 6) is 0.445. The van der Waals surface area contributed by atoms with Crippen molar-refractivity contribution < 1.29 is 18.3 Å². The summed E-state index contributed by atoms with van der Waals surface area (Å²) in [7, 11) is 0. The summed E-state index contributed by atoms with van der Waals surface area (Å²) in [6, 6.07) is 5.02. The zero-order valence-corrected chi connectivity index (χ0v) is 14.2. The molecule has 1 aromatic heterocycles. The maximum absolute atomic E-state index is 12.6. The van der Waals surface area contributed by atoms with Crippen molar-refractivity contribution in [2.45, 2.75) is 42.8 Å². The van der Waals surface area contributed by atoms with E-state index < -0.39 is 11.7 Å². The van der Waals surface area contributed by atoms with Crippen LogP contribution in [0.25, 0.3) is 0 Å². The second kappa shape index (κ2) is 7.21. The van der Waals surface area contributed by atoms with Gasteiger partial charge in [-0.3, -0.25) is 4.57 Å². The minimum atomic E-state index is -4.34. The monoisotopic (exact) mass is 370 g/mol. The van der Waals surface area contributed by atoms with Crippen LogP contribution in [0.4, 0.5) is 13.2 Å². The fraction of sp³-hybridized carbons (Fsp3) is 0.412. The van der Waals surface area contributed by atoms with Gasteiger partial charge < -0.3 is 5.11 Å². The molecule has 25 heavy (non-hydrogen) atoms. The van der Waals surface area contributed by atoms with Crippen LogP contribution >= 0.6 is 11.8 Å². The van der Waals surface area contributed by atoms with E-state index in [-0.39, 0.29) is 18.8 Å². The number of thioether (sulfide) groups is 1. The highest BCUT2D eigenvalue weighted by Gasteiger charge is 2.30. The molecule has 134 valence electrons. The average Bonchev–Trinajstić information content (AvgIpc) is 3.05. The highest BCUT2D eigenvalue weighted by atomic mass is 32.2. The quantitative estimate of drug-likeness (QED) is 0.649. The summed E-state index contributed by atoms with van der Waals surface area (Å²) in [6.07, 6.45) is -1.81. The Morgan fingerprint density at radius 2 is 1.92 bits per heavy atom. The molecule has 1 heterocycles. The predicted molar refractivity (Wildman–Crippen MR) is 88.6 cm³/mol. The Morgan fingerprint density at radius 3 is 2.56 bits per heavy atom. The zero-order valence-electron chi connectivity index (χ0n) is 13.3. The van der Waals surface area contributed by atoms with E-state index >= 15 is 0 Å². The van der Waals surface area contributed by atoms with Gasteiger partial charge in [0.1, 0.15) is 5.03 Å². The van der Waals surface area contributed by atoms with E-state index in [1.165, 1.54) is 28.5 Å². The molecule has 2 aromatic rings. The zero-order chi connectivity index (χ0) is 18.0. The Labute approximate surface area is 146 Å². The number of alkyl halides is 3. The number of aliphatic hydroxyl groups is 1. The van der Waals surface area contributed by atoms with E-state index in [4.69, 9.17) is 5.11 Å². The number of rotatable bonds is 5. The molecule has 1 aliphatic carbocycles. The lowest BCUT2D eigenvalue weighted by molar-refractivity contribution is -0.137. The van der Waals surface area contributed by atoms with E-state index in [0.717, 1.165) is 48.2 Å². The van der Waals surface area contributed by atoms with Crippen molar-refractivity contribution in [3.63, 3.8) is 0 Å². The number of aliphatic hydroxyl groups excluding tert-OH is 1. The third-order valence-corrected chi connectivity index (χ3v) is 5.27. The van der Waals surface area contributed by atoms with Gasteiger partial charge in [-0.2, -0.15) is 18.2 Å². The van der Waals surface area contributed by atoms with Crippen LogP contribution in [-0.2, 0) is 31.3 Å². The van der Waals surface area contributed by atoms with Crippen molar-refractivity contribution >= 4 is 11.8 Å². The van der Waals surface area contributed by atoms with Gasteiger partial charge in [-0.1, -0.05) is 12.1 Å². The van der Waals surface area contributed by atoms with Crippen molar-refractivity contribution in [2.24, 2.45) is 0 Å². The summed E-state index contributed by atoms with van der Waals surface area (Å²) in [4.78, 5) is 16.3. The van der Waals surface area contributed by atoms with Crippen molar-refractivity contribution in [1.29, 1.82) is 0 Å². The fourth-order valence-electron chi connectivity index (χ4n) is 2.98. The molecular weight excluding hydrogens is 353 g/mol. The van der Waals surface area contributed by atoms with E-state index in [9.17, 15) is 18.0 Å². The summed E-state index contributed by atoms with van der Waals surface area (Å²) >= 11 is 1.37. The normalized spacial score (nSPS) is 13.9. The molecule has 0 saturated heterocycles. The van der Waals surface area contributed by atoms with E-state index in [1.807, 2.05) is 0 Å². The molecule has 1 aromatic carbocycles. The van der Waals surface area contributed by atoms with Crippen LogP contribution in [0.2, 0.25) is 0 Å². The molecule has 8 heteroatoms. The van der Waals surface area contributed by atoms with Crippen LogP contribution in [0, 0.1) is 0 Å². The van der Waals surface area contributed by atoms with Gasteiger partial charge in [-0.15, -0.1) is 11.8 Å². The summed E-state index contributed by atoms with van der Waals surface area (Å²) in [5, 5.41) is 9.75. The number of hydrogen-bond acceptors (Lipinski definition) is 4. The number of hydrogen-bond donors (Lipinski definition) is 1. The van der Waals surface area contributed by atoms with Gasteiger partial charge in [0, 0.05) is 17.0 Å². The SMILES string of the molecule is O=c1nc(SCc2ccc(C(F)(F)F)cc2)c2c(n1CCO)CCC2. The molecule has 0 spiro atoms. The number of halogens is 3. The summed E-state index contributed by atoms with van der Waals surface area (Å²) in [6.45, 7) is 0.115. The molecule has 0 amide bonds. The standard InChI is InChI=1S/C17H17F3N2O2S/c18-17(19,20)12-6-4-11(5-7-12)10-25-15-13-2-1-3-14(13)22(8-9-23)16(24)21-15/h4-7,23H,1-3,8-10H2. The molecule has 0 unspecified atom stereocenters. The Morgan fingerprint density at radius 1 is 1.20 bits per heavy atom. The lowest BCUT2D eigenvalue weighted by Crippen LogP contribution is -2.28. The van der Waals surface area contributed by atoms with Crippen LogP contribution in [0.1, 0.15) is 28.8 Å². The summed E-state index contributed by atoms with van der Waals surface area (Å²) < 4.78 is 39.3. The molecule has 0 fully saturated rings. The van der Waals surface area contributed by atoms with Crippen molar-refractivity contribution in [2.75, 3.05) is 6.61 Å². The highest BCUT2D eigenvalue weighted by molar-refractivity contribution is 7.98. The lowest BCUT2D eigenvalue weighted by atomic mass is 10.1. The molecule has 0 radical (unpaired) electrons. The highest BCUT2D eigenvalue weighted by Crippen LogP contribution is 2.32. The fourth-order valence-corrected chi connectivity index (χ4v) is 4.01. The minimum absolute atomic E-state index is 0.119. The van der Waals surface area contributed by atoms with Crippen molar-refractivity contribution in [1.82, 2.24) is 9.55 Å². The Balaban J connectivity index is 1.79. The maximum atomic E-state index is 12.6. The average molecular weight is 370 g/mol. The third-order valence-electron chi connectivity index (χ3n) is 4.18. The first-order valence-corrected chi connectivity index (χ1v) is 8.91. The molecule has 0 bridgehead atoms. The van der Waals surface area contributed by atoms with Crippen molar-refractivity contribution in [3.8, 4) is 0 Å². The van der Waals surface area contributed by atoms with Crippen LogP contribution in [0.3, 0.4) is 0 Å². The second-order valence-electron chi connectivity index (χ2n) is 5.84. The van der Waals surface area contributed by atoms with E-state index in [2.05, 4.69) is 4.98 Å². The van der Waals surface area contributed by atoms with Gasteiger partial charge in [0.25, 0.3) is 0 Å². The third kappa shape index (κ3) is 3.90. The van der Waals surface area contributed by atoms with Crippen LogP contribution in [-0.4, -0.2) is 21.3 Å². The van der Waals surface area contributed by atoms with Gasteiger partial charge in [0.05, 0.1) is 18.7 Å². The Hall–Kier alpha value is -1.80. The molecule has 0 aliphatic heterocycles. The van der Waals surface area contributed by atoms with E-state index in [1.54, 1.807) is 0 Å². The summed E-state index contributed by atoms with van der Waals surface area (Å²) in [5.41, 5.74) is 1.62. The molecule has 0 saturated carbocycles. The van der Waals surface area contributed by atoms with Gasteiger partial charge in [0.15, 0.2) is 0 Å². The molecule has 4 nitrogen and oxygen atoms in total. The predicted octanol–water partition coefficient (Wildman–Crippen LogP) is 3.04. The number of fused-ring (bicyclic) bond motifs is 1. The van der Waals surface area contributed by atoms with Gasteiger partial charge in [0.2, 0.25) is 0 Å². The van der Waals surface area contributed by atoms with Crippen LogP contribution in [0.5, 0.6) is 0 Å². The topological polar surface area (TPSA) is 55.1 Å². The van der Waals surface area contributed by atoms with Crippen molar-refractivity contribution in [3.05, 3.63) is 57.1 Å². The number of benzene rings is 1. The first-order chi connectivity index (χ1) is 11.9. The van der Waals surface area contributed by atoms with Crippen LogP contribution < -0.4 is 5.69 Å². The Kier molecular flexibility index (Phi) is 5.19. The van der Waals surface area contributed by atoms with E-state index in [0.29, 0.717) is 10.8 Å². The van der Waals surface area contributed by atoms with Crippen LogP contribution in [0.15, 0.2) is 34.1 Å². The number of nitrogens with zero attached hydrogens (tertiary/aromatic N) is 2. The molecular formula is C17H17F3N2O2S. The van der Waals surface area contributed by atoms with Gasteiger partial charge in [-0.25, -0.2) is 4.79 Å². The first kappa shape index (κ1) is 18.0. The molecule has 1 aliphatic rings. The first-order valence-electron chi connectivity index (χ1n) is 7.92. The lowest BCUT2D eigenvalue weighted by Gasteiger charge is -2.13. The maximum Gasteiger partial charge on any atom is 0.416 e. The Bertz CT molecular complexity index is 816. The van der Waals surface area contributed by atoms with Gasteiger partial charge in [-0.05, 0) is 37.0 Å². The number of aromatic nitrogens is 2. The van der Waals surface area contributed by atoms with Gasteiger partial charge >= 0.3 is 11.9 Å². The largest absolute Gasteiger partial charge is 0.416 e.